The van der Waals surface area contributed by atoms with Crippen molar-refractivity contribution in [3.8, 4) is 0 Å². The maximum Gasteiger partial charge on any atom is 0.213 e. The third-order valence-corrected chi connectivity index (χ3v) is 7.02. The van der Waals surface area contributed by atoms with Gasteiger partial charge in [0.15, 0.2) is 5.96 Å². The number of halogens is 1. The van der Waals surface area contributed by atoms with Gasteiger partial charge in [-0.2, -0.15) is 0 Å². The zero-order valence-electron chi connectivity index (χ0n) is 16.4. The van der Waals surface area contributed by atoms with E-state index in [2.05, 4.69) is 30.9 Å². The lowest BCUT2D eigenvalue weighted by Crippen LogP contribution is -2.53. The van der Waals surface area contributed by atoms with Crippen molar-refractivity contribution in [2.75, 3.05) is 57.0 Å². The van der Waals surface area contributed by atoms with Crippen LogP contribution >= 0.6 is 11.6 Å². The molecule has 1 saturated heterocycles. The average Bonchev–Trinajstić information content (AvgIpc) is 2.64. The fourth-order valence-corrected chi connectivity index (χ4v) is 4.68. The molecule has 0 radical (unpaired) electrons. The predicted molar refractivity (Wildman–Crippen MR) is 116 cm³/mol. The van der Waals surface area contributed by atoms with Crippen molar-refractivity contribution < 1.29 is 8.42 Å². The first-order valence-electron chi connectivity index (χ1n) is 9.90. The summed E-state index contributed by atoms with van der Waals surface area (Å²) in [7, 11) is -1.51. The predicted octanol–water partition coefficient (Wildman–Crippen LogP) is 1.76. The molecule has 0 atom stereocenters. The summed E-state index contributed by atoms with van der Waals surface area (Å²) < 4.78 is 27.0. The third kappa shape index (κ3) is 5.99. The van der Waals surface area contributed by atoms with E-state index in [4.69, 9.17) is 11.6 Å². The van der Waals surface area contributed by atoms with Crippen molar-refractivity contribution in [1.82, 2.24) is 14.9 Å². The van der Waals surface area contributed by atoms with E-state index in [0.717, 1.165) is 55.7 Å². The van der Waals surface area contributed by atoms with Crippen molar-refractivity contribution in [1.29, 1.82) is 0 Å². The van der Waals surface area contributed by atoms with Gasteiger partial charge in [0.25, 0.3) is 0 Å². The number of piperazine rings is 1. The van der Waals surface area contributed by atoms with Gasteiger partial charge in [0.05, 0.1) is 5.75 Å². The molecule has 0 bridgehead atoms. The van der Waals surface area contributed by atoms with Crippen LogP contribution in [0.3, 0.4) is 0 Å². The van der Waals surface area contributed by atoms with Gasteiger partial charge < -0.3 is 15.1 Å². The summed E-state index contributed by atoms with van der Waals surface area (Å²) in [6, 6.07) is 7.88. The molecule has 0 spiro atoms. The monoisotopic (exact) mass is 427 g/mol. The zero-order valence-corrected chi connectivity index (χ0v) is 18.0. The summed E-state index contributed by atoms with van der Waals surface area (Å²) in [6.45, 7) is 4.28. The van der Waals surface area contributed by atoms with Crippen LogP contribution in [0, 0.1) is 5.92 Å². The molecule has 1 saturated carbocycles. The summed E-state index contributed by atoms with van der Waals surface area (Å²) in [5.74, 6) is 1.33. The Kier molecular flexibility index (Phi) is 7.42. The molecule has 2 fully saturated rings. The van der Waals surface area contributed by atoms with Crippen LogP contribution in [-0.4, -0.2) is 71.3 Å². The van der Waals surface area contributed by atoms with Crippen LogP contribution < -0.4 is 14.9 Å². The Morgan fingerprint density at radius 3 is 2.61 bits per heavy atom. The number of anilines is 1. The minimum atomic E-state index is -3.24. The van der Waals surface area contributed by atoms with Crippen LogP contribution in [0.2, 0.25) is 5.02 Å². The van der Waals surface area contributed by atoms with Crippen molar-refractivity contribution in [3.05, 3.63) is 29.3 Å². The highest BCUT2D eigenvalue weighted by Gasteiger charge is 2.22. The van der Waals surface area contributed by atoms with Gasteiger partial charge in [-0.1, -0.05) is 24.1 Å². The number of sulfonamides is 1. The number of guanidine groups is 1. The highest BCUT2D eigenvalue weighted by molar-refractivity contribution is 7.89. The smallest absolute Gasteiger partial charge is 0.213 e. The highest BCUT2D eigenvalue weighted by Crippen LogP contribution is 2.25. The molecule has 9 heteroatoms. The van der Waals surface area contributed by atoms with Crippen LogP contribution in [0.5, 0.6) is 0 Å². The number of aliphatic imine (C=N–C) groups is 1. The maximum atomic E-state index is 12.1. The Hall–Kier alpha value is -1.51. The van der Waals surface area contributed by atoms with Gasteiger partial charge in [-0.15, -0.1) is 0 Å². The Bertz CT molecular complexity index is 774. The first-order valence-corrected chi connectivity index (χ1v) is 11.9. The fraction of sp³-hybridized carbons (Fsp3) is 0.632. The van der Waals surface area contributed by atoms with Gasteiger partial charge in [-0.05, 0) is 37.0 Å². The molecule has 2 aliphatic rings. The number of rotatable bonds is 7. The van der Waals surface area contributed by atoms with E-state index >= 15 is 0 Å². The van der Waals surface area contributed by atoms with E-state index < -0.39 is 10.0 Å². The first-order chi connectivity index (χ1) is 13.5. The summed E-state index contributed by atoms with van der Waals surface area (Å²) in [5, 5.41) is 3.93. The maximum absolute atomic E-state index is 12.1. The average molecular weight is 428 g/mol. The molecule has 0 unspecified atom stereocenters. The van der Waals surface area contributed by atoms with Gasteiger partial charge >= 0.3 is 0 Å². The number of hydrogen-bond donors (Lipinski definition) is 2. The van der Waals surface area contributed by atoms with Gasteiger partial charge in [0.2, 0.25) is 10.0 Å². The lowest BCUT2D eigenvalue weighted by atomic mass is 9.86. The largest absolute Gasteiger partial charge is 0.368 e. The quantitative estimate of drug-likeness (QED) is 0.512. The minimum absolute atomic E-state index is 0.0568. The van der Waals surface area contributed by atoms with Crippen molar-refractivity contribution >= 4 is 33.3 Å². The van der Waals surface area contributed by atoms with E-state index in [1.54, 1.807) is 7.05 Å². The second-order valence-corrected chi connectivity index (χ2v) is 9.76. The van der Waals surface area contributed by atoms with Gasteiger partial charge in [-0.25, -0.2) is 13.1 Å². The van der Waals surface area contributed by atoms with Crippen LogP contribution in [0.1, 0.15) is 19.3 Å². The number of benzene rings is 1. The van der Waals surface area contributed by atoms with Crippen molar-refractivity contribution in [2.24, 2.45) is 10.9 Å². The SMILES string of the molecule is CN=C(NCCS(=O)(=O)NCC1CCC1)N1CCN(c2cccc(Cl)c2)CC1. The van der Waals surface area contributed by atoms with Crippen LogP contribution in [0.25, 0.3) is 0 Å². The first kappa shape index (κ1) is 21.2. The summed E-state index contributed by atoms with van der Waals surface area (Å²) >= 11 is 6.09. The van der Waals surface area contributed by atoms with Gasteiger partial charge in [0.1, 0.15) is 0 Å². The zero-order chi connectivity index (χ0) is 20.0. The van der Waals surface area contributed by atoms with Crippen molar-refractivity contribution in [2.45, 2.75) is 19.3 Å². The molecule has 0 amide bonds. The standard InChI is InChI=1S/C19H30ClN5O2S/c1-21-19(22-8-13-28(26,27)23-15-16-4-2-5-16)25-11-9-24(10-12-25)18-7-3-6-17(20)14-18/h3,6-7,14,16,23H,2,4-5,8-13,15H2,1H3,(H,21,22). The molecule has 1 aliphatic carbocycles. The van der Waals surface area contributed by atoms with E-state index in [1.807, 2.05) is 18.2 Å². The number of hydrogen-bond acceptors (Lipinski definition) is 4. The molecule has 1 heterocycles. The molecule has 3 rings (SSSR count). The van der Waals surface area contributed by atoms with E-state index in [0.29, 0.717) is 19.0 Å². The lowest BCUT2D eigenvalue weighted by Gasteiger charge is -2.37. The van der Waals surface area contributed by atoms with E-state index in [1.165, 1.54) is 6.42 Å². The molecule has 2 N–H and O–H groups in total. The molecule has 7 nitrogen and oxygen atoms in total. The topological polar surface area (TPSA) is 77.0 Å². The Labute approximate surface area is 173 Å². The molecule has 28 heavy (non-hydrogen) atoms. The van der Waals surface area contributed by atoms with Crippen LogP contribution in [-0.2, 0) is 10.0 Å². The summed E-state index contributed by atoms with van der Waals surface area (Å²) in [6.07, 6.45) is 3.48. The molecule has 1 aromatic rings. The van der Waals surface area contributed by atoms with Crippen LogP contribution in [0.15, 0.2) is 29.3 Å². The van der Waals surface area contributed by atoms with Gasteiger partial charge in [0, 0.05) is 57.0 Å². The Morgan fingerprint density at radius 2 is 2.00 bits per heavy atom. The third-order valence-electron chi connectivity index (χ3n) is 5.43. The fourth-order valence-electron chi connectivity index (χ4n) is 3.49. The summed E-state index contributed by atoms with van der Waals surface area (Å²) in [5.41, 5.74) is 1.12. The van der Waals surface area contributed by atoms with Gasteiger partial charge in [-0.3, -0.25) is 4.99 Å². The number of nitrogens with zero attached hydrogens (tertiary/aromatic N) is 3. The highest BCUT2D eigenvalue weighted by atomic mass is 35.5. The molecular weight excluding hydrogens is 398 g/mol. The lowest BCUT2D eigenvalue weighted by molar-refractivity contribution is 0.316. The normalized spacial score (nSPS) is 18.9. The number of nitrogens with one attached hydrogen (secondary N) is 2. The van der Waals surface area contributed by atoms with E-state index in [-0.39, 0.29) is 5.75 Å². The molecule has 1 aliphatic heterocycles. The Morgan fingerprint density at radius 1 is 1.25 bits per heavy atom. The minimum Gasteiger partial charge on any atom is -0.368 e. The second kappa shape index (κ2) is 9.80. The Balaban J connectivity index is 1.42. The molecule has 1 aromatic carbocycles. The second-order valence-electron chi connectivity index (χ2n) is 7.39. The van der Waals surface area contributed by atoms with Crippen molar-refractivity contribution in [3.63, 3.8) is 0 Å². The summed E-state index contributed by atoms with van der Waals surface area (Å²) in [4.78, 5) is 8.77. The molecule has 156 valence electrons. The van der Waals surface area contributed by atoms with Crippen LogP contribution in [0.4, 0.5) is 5.69 Å². The molecule has 0 aromatic heterocycles. The van der Waals surface area contributed by atoms with E-state index in [9.17, 15) is 8.42 Å². The molecular formula is C19H30ClN5O2S.